The van der Waals surface area contributed by atoms with Crippen molar-refractivity contribution < 1.29 is 8.42 Å². The molecule has 0 saturated carbocycles. The highest BCUT2D eigenvalue weighted by Crippen LogP contribution is 2.20. The zero-order chi connectivity index (χ0) is 18.9. The van der Waals surface area contributed by atoms with Gasteiger partial charge in [0.25, 0.3) is 0 Å². The fourth-order valence-electron chi connectivity index (χ4n) is 3.13. The van der Waals surface area contributed by atoms with Crippen molar-refractivity contribution in [2.75, 3.05) is 18.1 Å². The molecule has 3 rings (SSSR count). The number of sulfone groups is 1. The van der Waals surface area contributed by atoms with Gasteiger partial charge in [-0.05, 0) is 59.2 Å². The van der Waals surface area contributed by atoms with Crippen molar-refractivity contribution in [3.63, 3.8) is 0 Å². The summed E-state index contributed by atoms with van der Waals surface area (Å²) in [5, 5.41) is 8.95. The topological polar surface area (TPSA) is 73.0 Å². The average Bonchev–Trinajstić information content (AvgIpc) is 3.10. The molecule has 0 radical (unpaired) electrons. The third kappa shape index (κ3) is 4.51. The standard InChI is InChI=1S/C16H22ClN5O2S2/c1-12(2)9-20(15-7-8-26(23,24)10-15)11-21-16(25)22(19-18-21)14-5-3-13(17)4-6-14/h3-6,12,15H,7-11H2,1-2H3/t15-/m0/s1. The lowest BCUT2D eigenvalue weighted by molar-refractivity contribution is 0.136. The molecule has 7 nitrogen and oxygen atoms in total. The smallest absolute Gasteiger partial charge is 0.221 e. The number of nitrogens with zero attached hydrogens (tertiary/aromatic N) is 5. The summed E-state index contributed by atoms with van der Waals surface area (Å²) in [6.07, 6.45) is 0.647. The van der Waals surface area contributed by atoms with E-state index in [9.17, 15) is 8.42 Å². The maximum atomic E-state index is 11.9. The quantitative estimate of drug-likeness (QED) is 0.675. The van der Waals surface area contributed by atoms with Crippen LogP contribution in [0.25, 0.3) is 5.69 Å². The second-order valence-electron chi connectivity index (χ2n) is 7.01. The van der Waals surface area contributed by atoms with Gasteiger partial charge in [0.2, 0.25) is 4.77 Å². The first-order valence-electron chi connectivity index (χ1n) is 8.48. The second-order valence-corrected chi connectivity index (χ2v) is 10.0. The molecule has 0 bridgehead atoms. The average molecular weight is 416 g/mol. The first kappa shape index (κ1) is 19.5. The first-order valence-corrected chi connectivity index (χ1v) is 11.1. The van der Waals surface area contributed by atoms with E-state index in [4.69, 9.17) is 23.8 Å². The lowest BCUT2D eigenvalue weighted by atomic mass is 10.1. The van der Waals surface area contributed by atoms with Gasteiger partial charge >= 0.3 is 0 Å². The molecular weight excluding hydrogens is 394 g/mol. The summed E-state index contributed by atoms with van der Waals surface area (Å²) in [6.45, 7) is 5.42. The fraction of sp³-hybridized carbons (Fsp3) is 0.562. The Morgan fingerprint density at radius 1 is 1.31 bits per heavy atom. The van der Waals surface area contributed by atoms with Crippen LogP contribution in [0.1, 0.15) is 20.3 Å². The Morgan fingerprint density at radius 2 is 2.00 bits per heavy atom. The van der Waals surface area contributed by atoms with E-state index in [2.05, 4.69) is 29.2 Å². The highest BCUT2D eigenvalue weighted by molar-refractivity contribution is 7.91. The lowest BCUT2D eigenvalue weighted by Gasteiger charge is -2.29. The molecule has 10 heteroatoms. The number of halogens is 1. The maximum absolute atomic E-state index is 11.9. The van der Waals surface area contributed by atoms with Crippen LogP contribution in [0, 0.1) is 10.7 Å². The normalized spacial score (nSPS) is 19.5. The Morgan fingerprint density at radius 3 is 2.58 bits per heavy atom. The van der Waals surface area contributed by atoms with Crippen molar-refractivity contribution in [3.05, 3.63) is 34.1 Å². The van der Waals surface area contributed by atoms with E-state index in [1.54, 1.807) is 21.5 Å². The Labute approximate surface area is 163 Å². The van der Waals surface area contributed by atoms with Crippen molar-refractivity contribution in [3.8, 4) is 5.69 Å². The van der Waals surface area contributed by atoms with Crippen LogP contribution in [0.4, 0.5) is 0 Å². The summed E-state index contributed by atoms with van der Waals surface area (Å²) < 4.78 is 27.4. The van der Waals surface area contributed by atoms with Gasteiger partial charge in [-0.3, -0.25) is 4.90 Å². The van der Waals surface area contributed by atoms with Gasteiger partial charge in [-0.2, -0.15) is 4.68 Å². The van der Waals surface area contributed by atoms with Crippen LogP contribution in [0.5, 0.6) is 0 Å². The Kier molecular flexibility index (Phi) is 5.81. The molecule has 0 spiro atoms. The van der Waals surface area contributed by atoms with Crippen LogP contribution >= 0.6 is 23.8 Å². The van der Waals surface area contributed by atoms with Crippen molar-refractivity contribution in [2.45, 2.75) is 33.0 Å². The van der Waals surface area contributed by atoms with Crippen LogP contribution in [0.15, 0.2) is 24.3 Å². The highest BCUT2D eigenvalue weighted by atomic mass is 35.5. The largest absolute Gasteiger partial charge is 0.280 e. The molecular formula is C16H22ClN5O2S2. The zero-order valence-corrected chi connectivity index (χ0v) is 17.1. The van der Waals surface area contributed by atoms with Gasteiger partial charge in [-0.25, -0.2) is 13.1 Å². The minimum absolute atomic E-state index is 0.00928. The molecule has 0 unspecified atom stereocenters. The Hall–Kier alpha value is -1.29. The van der Waals surface area contributed by atoms with Gasteiger partial charge in [0, 0.05) is 17.6 Å². The summed E-state index contributed by atoms with van der Waals surface area (Å²) in [5.41, 5.74) is 0.782. The molecule has 1 aliphatic heterocycles. The van der Waals surface area contributed by atoms with Crippen molar-refractivity contribution >= 4 is 33.7 Å². The number of benzene rings is 1. The summed E-state index contributed by atoms with van der Waals surface area (Å²) in [6, 6.07) is 7.18. The van der Waals surface area contributed by atoms with Gasteiger partial charge in [-0.15, -0.1) is 0 Å². The molecule has 1 aromatic heterocycles. The van der Waals surface area contributed by atoms with E-state index < -0.39 is 9.84 Å². The molecule has 2 heterocycles. The van der Waals surface area contributed by atoms with Gasteiger partial charge in [0.05, 0.1) is 23.9 Å². The number of aromatic nitrogens is 4. The van der Waals surface area contributed by atoms with Gasteiger partial charge < -0.3 is 0 Å². The summed E-state index contributed by atoms with van der Waals surface area (Å²) in [5.74, 6) is 0.840. The fourth-order valence-corrected chi connectivity index (χ4v) is 5.26. The summed E-state index contributed by atoms with van der Waals surface area (Å²) in [4.78, 5) is 2.14. The molecule has 0 amide bonds. The SMILES string of the molecule is CC(C)CN(Cn1nnn(-c2ccc(Cl)cc2)c1=S)[C@H]1CCS(=O)(=O)C1. The molecule has 1 saturated heterocycles. The van der Waals surface area contributed by atoms with Gasteiger partial charge in [0.1, 0.15) is 0 Å². The molecule has 1 aromatic carbocycles. The molecule has 1 aliphatic rings. The van der Waals surface area contributed by atoms with Gasteiger partial charge in [-0.1, -0.05) is 25.4 Å². The highest BCUT2D eigenvalue weighted by Gasteiger charge is 2.32. The second kappa shape index (κ2) is 7.75. The van der Waals surface area contributed by atoms with Crippen molar-refractivity contribution in [1.82, 2.24) is 24.7 Å². The van der Waals surface area contributed by atoms with E-state index in [0.717, 1.165) is 12.2 Å². The minimum Gasteiger partial charge on any atom is -0.280 e. The Balaban J connectivity index is 1.83. The molecule has 1 atom stereocenters. The van der Waals surface area contributed by atoms with Crippen LogP contribution in [0.2, 0.25) is 5.02 Å². The van der Waals surface area contributed by atoms with Crippen LogP contribution < -0.4 is 0 Å². The molecule has 1 fully saturated rings. The summed E-state index contributed by atoms with van der Waals surface area (Å²) in [7, 11) is -2.95. The zero-order valence-electron chi connectivity index (χ0n) is 14.7. The Bertz CT molecular complexity index is 921. The molecule has 0 aliphatic carbocycles. The van der Waals surface area contributed by atoms with Crippen LogP contribution in [-0.4, -0.2) is 57.2 Å². The van der Waals surface area contributed by atoms with Crippen LogP contribution in [0.3, 0.4) is 0 Å². The molecule has 0 N–H and O–H groups in total. The predicted molar refractivity (Wildman–Crippen MR) is 104 cm³/mol. The lowest BCUT2D eigenvalue weighted by Crippen LogP contribution is -2.40. The third-order valence-corrected chi connectivity index (χ3v) is 6.74. The van der Waals surface area contributed by atoms with E-state index in [-0.39, 0.29) is 17.5 Å². The van der Waals surface area contributed by atoms with E-state index in [1.807, 2.05) is 12.1 Å². The van der Waals surface area contributed by atoms with E-state index in [1.165, 1.54) is 0 Å². The van der Waals surface area contributed by atoms with Crippen LogP contribution in [-0.2, 0) is 16.5 Å². The minimum atomic E-state index is -2.95. The first-order chi connectivity index (χ1) is 12.2. The summed E-state index contributed by atoms with van der Waals surface area (Å²) >= 11 is 11.4. The molecule has 142 valence electrons. The van der Waals surface area contributed by atoms with Gasteiger partial charge in [0.15, 0.2) is 9.84 Å². The third-order valence-electron chi connectivity index (χ3n) is 4.35. The number of tetrazole rings is 1. The monoisotopic (exact) mass is 415 g/mol. The number of hydrogen-bond acceptors (Lipinski definition) is 6. The molecule has 26 heavy (non-hydrogen) atoms. The predicted octanol–water partition coefficient (Wildman–Crippen LogP) is 2.55. The van der Waals surface area contributed by atoms with E-state index >= 15 is 0 Å². The molecule has 2 aromatic rings. The number of rotatable bonds is 6. The van der Waals surface area contributed by atoms with Crippen molar-refractivity contribution in [2.24, 2.45) is 5.92 Å². The number of hydrogen-bond donors (Lipinski definition) is 0. The maximum Gasteiger partial charge on any atom is 0.221 e. The van der Waals surface area contributed by atoms with E-state index in [0.29, 0.717) is 28.8 Å². The van der Waals surface area contributed by atoms with Crippen molar-refractivity contribution in [1.29, 1.82) is 0 Å².